The normalized spacial score (nSPS) is 10.9. The summed E-state index contributed by atoms with van der Waals surface area (Å²) in [5.41, 5.74) is 12.0. The second-order valence-corrected chi connectivity index (χ2v) is 5.31. The minimum atomic E-state index is 0.763. The summed E-state index contributed by atoms with van der Waals surface area (Å²) in [6, 6.07) is 20.4. The van der Waals surface area contributed by atoms with E-state index in [4.69, 9.17) is 5.73 Å². The highest BCUT2D eigenvalue weighted by Crippen LogP contribution is 2.31. The van der Waals surface area contributed by atoms with E-state index < -0.39 is 0 Å². The zero-order chi connectivity index (χ0) is 14.9. The maximum atomic E-state index is 5.90. The minimum Gasteiger partial charge on any atom is -0.399 e. The Balaban J connectivity index is 1.91. The lowest BCUT2D eigenvalue weighted by atomic mass is 10.0. The summed E-state index contributed by atoms with van der Waals surface area (Å²) in [5, 5.41) is 1.10. The molecular weight excluding hydrogens is 270 g/mol. The standard InChI is InChI=1S/C19H15N3/c20-16-8-4-7-14(9-16)18-12-22-19-17(18)10-15(11-21-19)13-5-2-1-3-6-13/h1-12H,20H2,(H,21,22). The zero-order valence-corrected chi connectivity index (χ0v) is 12.0. The number of aromatic amines is 1. The van der Waals surface area contributed by atoms with Crippen molar-refractivity contribution < 1.29 is 0 Å². The molecular formula is C19H15N3. The van der Waals surface area contributed by atoms with Crippen molar-refractivity contribution in [3.05, 3.63) is 73.1 Å². The summed E-state index contributed by atoms with van der Waals surface area (Å²) in [7, 11) is 0. The predicted molar refractivity (Wildman–Crippen MR) is 91.4 cm³/mol. The number of rotatable bonds is 2. The maximum Gasteiger partial charge on any atom is 0.137 e. The van der Waals surface area contributed by atoms with E-state index in [-0.39, 0.29) is 0 Å². The van der Waals surface area contributed by atoms with Crippen LogP contribution in [0.3, 0.4) is 0 Å². The van der Waals surface area contributed by atoms with Gasteiger partial charge in [0.15, 0.2) is 0 Å². The van der Waals surface area contributed by atoms with Crippen LogP contribution in [0.1, 0.15) is 0 Å². The van der Waals surface area contributed by atoms with Crippen molar-refractivity contribution in [2.24, 2.45) is 0 Å². The van der Waals surface area contributed by atoms with Crippen LogP contribution in [0.15, 0.2) is 73.1 Å². The number of H-pyrrole nitrogens is 1. The Kier molecular flexibility index (Phi) is 2.90. The van der Waals surface area contributed by atoms with Crippen LogP contribution in [0, 0.1) is 0 Å². The van der Waals surface area contributed by atoms with Crippen LogP contribution in [-0.2, 0) is 0 Å². The third-order valence-corrected chi connectivity index (χ3v) is 3.84. The second kappa shape index (κ2) is 5.04. The lowest BCUT2D eigenvalue weighted by Crippen LogP contribution is -1.85. The Morgan fingerprint density at radius 3 is 2.45 bits per heavy atom. The van der Waals surface area contributed by atoms with Crippen LogP contribution < -0.4 is 5.73 Å². The summed E-state index contributed by atoms with van der Waals surface area (Å²) < 4.78 is 0. The fourth-order valence-electron chi connectivity index (χ4n) is 2.74. The molecule has 0 spiro atoms. The summed E-state index contributed by atoms with van der Waals surface area (Å²) in [6.45, 7) is 0. The van der Waals surface area contributed by atoms with Crippen molar-refractivity contribution in [3.63, 3.8) is 0 Å². The Hall–Kier alpha value is -3.07. The monoisotopic (exact) mass is 285 g/mol. The van der Waals surface area contributed by atoms with E-state index in [9.17, 15) is 0 Å². The lowest BCUT2D eigenvalue weighted by Gasteiger charge is -2.04. The number of nitrogens with one attached hydrogen (secondary N) is 1. The van der Waals surface area contributed by atoms with Gasteiger partial charge in [-0.05, 0) is 29.3 Å². The maximum absolute atomic E-state index is 5.90. The van der Waals surface area contributed by atoms with E-state index in [1.54, 1.807) is 0 Å². The molecule has 0 saturated heterocycles. The molecule has 0 aliphatic heterocycles. The average Bonchev–Trinajstić information content (AvgIpc) is 2.99. The molecule has 3 heteroatoms. The Bertz CT molecular complexity index is 939. The molecule has 0 aliphatic rings. The van der Waals surface area contributed by atoms with E-state index in [0.29, 0.717) is 0 Å². The Morgan fingerprint density at radius 1 is 0.818 bits per heavy atom. The summed E-state index contributed by atoms with van der Waals surface area (Å²) in [6.07, 6.45) is 3.89. The van der Waals surface area contributed by atoms with Gasteiger partial charge >= 0.3 is 0 Å². The number of aromatic nitrogens is 2. The van der Waals surface area contributed by atoms with Gasteiger partial charge in [0.05, 0.1) is 0 Å². The van der Waals surface area contributed by atoms with Crippen molar-refractivity contribution in [2.45, 2.75) is 0 Å². The highest BCUT2D eigenvalue weighted by Gasteiger charge is 2.09. The Morgan fingerprint density at radius 2 is 1.64 bits per heavy atom. The van der Waals surface area contributed by atoms with Crippen LogP contribution in [0.4, 0.5) is 5.69 Å². The SMILES string of the molecule is Nc1cccc(-c2c[nH]c3ncc(-c4ccccc4)cc23)c1. The van der Waals surface area contributed by atoms with Crippen molar-refractivity contribution in [3.8, 4) is 22.3 Å². The fourth-order valence-corrected chi connectivity index (χ4v) is 2.74. The number of nitrogen functional groups attached to an aromatic ring is 1. The van der Waals surface area contributed by atoms with Gasteiger partial charge in [-0.2, -0.15) is 0 Å². The highest BCUT2D eigenvalue weighted by molar-refractivity contribution is 5.96. The molecule has 0 saturated carbocycles. The predicted octanol–water partition coefficient (Wildman–Crippen LogP) is 4.48. The van der Waals surface area contributed by atoms with Gasteiger partial charge in [0.25, 0.3) is 0 Å². The van der Waals surface area contributed by atoms with Gasteiger partial charge < -0.3 is 10.7 Å². The molecule has 106 valence electrons. The molecule has 0 unspecified atom stereocenters. The zero-order valence-electron chi connectivity index (χ0n) is 12.0. The summed E-state index contributed by atoms with van der Waals surface area (Å²) in [4.78, 5) is 7.77. The first kappa shape index (κ1) is 12.7. The molecule has 4 aromatic rings. The highest BCUT2D eigenvalue weighted by atomic mass is 14.8. The van der Waals surface area contributed by atoms with Crippen LogP contribution in [0.25, 0.3) is 33.3 Å². The van der Waals surface area contributed by atoms with E-state index in [1.807, 2.05) is 48.8 Å². The molecule has 2 heterocycles. The van der Waals surface area contributed by atoms with Crippen LogP contribution in [0.5, 0.6) is 0 Å². The Labute approximate surface area is 128 Å². The minimum absolute atomic E-state index is 0.763. The fraction of sp³-hybridized carbons (Fsp3) is 0. The van der Waals surface area contributed by atoms with Gasteiger partial charge in [-0.1, -0.05) is 42.5 Å². The largest absolute Gasteiger partial charge is 0.399 e. The molecule has 0 radical (unpaired) electrons. The van der Waals surface area contributed by atoms with Gasteiger partial charge in [-0.15, -0.1) is 0 Å². The molecule has 2 aromatic carbocycles. The van der Waals surface area contributed by atoms with Gasteiger partial charge in [-0.3, -0.25) is 0 Å². The smallest absolute Gasteiger partial charge is 0.137 e. The van der Waals surface area contributed by atoms with Crippen molar-refractivity contribution in [1.82, 2.24) is 9.97 Å². The quantitative estimate of drug-likeness (QED) is 0.533. The number of hydrogen-bond donors (Lipinski definition) is 2. The topological polar surface area (TPSA) is 54.7 Å². The summed E-state index contributed by atoms with van der Waals surface area (Å²) in [5.74, 6) is 0. The average molecular weight is 285 g/mol. The van der Waals surface area contributed by atoms with Gasteiger partial charge in [0.1, 0.15) is 5.65 Å². The number of nitrogens with zero attached hydrogens (tertiary/aromatic N) is 1. The first-order chi connectivity index (χ1) is 10.8. The van der Waals surface area contributed by atoms with Gasteiger partial charge in [0.2, 0.25) is 0 Å². The van der Waals surface area contributed by atoms with Gasteiger partial charge in [-0.25, -0.2) is 4.98 Å². The lowest BCUT2D eigenvalue weighted by molar-refractivity contribution is 1.33. The molecule has 0 aliphatic carbocycles. The van der Waals surface area contributed by atoms with Crippen molar-refractivity contribution >= 4 is 16.7 Å². The van der Waals surface area contributed by atoms with E-state index in [2.05, 4.69) is 34.2 Å². The molecule has 22 heavy (non-hydrogen) atoms. The number of nitrogens with two attached hydrogens (primary N) is 1. The molecule has 0 amide bonds. The first-order valence-electron chi connectivity index (χ1n) is 7.20. The molecule has 2 aromatic heterocycles. The summed E-state index contributed by atoms with van der Waals surface area (Å²) >= 11 is 0. The number of pyridine rings is 1. The second-order valence-electron chi connectivity index (χ2n) is 5.31. The van der Waals surface area contributed by atoms with E-state index in [1.165, 1.54) is 0 Å². The van der Waals surface area contributed by atoms with Crippen LogP contribution >= 0.6 is 0 Å². The third-order valence-electron chi connectivity index (χ3n) is 3.84. The van der Waals surface area contributed by atoms with E-state index >= 15 is 0 Å². The van der Waals surface area contributed by atoms with Crippen molar-refractivity contribution in [2.75, 3.05) is 5.73 Å². The number of hydrogen-bond acceptors (Lipinski definition) is 2. The molecule has 0 atom stereocenters. The number of benzene rings is 2. The molecule has 4 rings (SSSR count). The molecule has 0 bridgehead atoms. The molecule has 3 N–H and O–H groups in total. The molecule has 3 nitrogen and oxygen atoms in total. The van der Waals surface area contributed by atoms with Crippen molar-refractivity contribution in [1.29, 1.82) is 0 Å². The number of anilines is 1. The van der Waals surface area contributed by atoms with E-state index in [0.717, 1.165) is 39.0 Å². The number of fused-ring (bicyclic) bond motifs is 1. The first-order valence-corrected chi connectivity index (χ1v) is 7.20. The molecule has 0 fully saturated rings. The van der Waals surface area contributed by atoms with Crippen LogP contribution in [-0.4, -0.2) is 9.97 Å². The third kappa shape index (κ3) is 2.13. The van der Waals surface area contributed by atoms with Crippen LogP contribution in [0.2, 0.25) is 0 Å². The van der Waals surface area contributed by atoms with Gasteiger partial charge in [0, 0.05) is 34.6 Å².